The zero-order valence-corrected chi connectivity index (χ0v) is 18.2. The van der Waals surface area contributed by atoms with E-state index in [9.17, 15) is 14.4 Å². The molecule has 32 heavy (non-hydrogen) atoms. The summed E-state index contributed by atoms with van der Waals surface area (Å²) in [5.41, 5.74) is 2.17. The van der Waals surface area contributed by atoms with Crippen molar-refractivity contribution in [1.29, 1.82) is 0 Å². The lowest BCUT2D eigenvalue weighted by Gasteiger charge is -2.11. The summed E-state index contributed by atoms with van der Waals surface area (Å²) in [6.07, 6.45) is 3.65. The van der Waals surface area contributed by atoms with Gasteiger partial charge >= 0.3 is 5.97 Å². The molecule has 2 aromatic rings. The van der Waals surface area contributed by atoms with E-state index in [2.05, 4.69) is 10.6 Å². The Balaban J connectivity index is 1.33. The van der Waals surface area contributed by atoms with Crippen molar-refractivity contribution in [1.82, 2.24) is 5.32 Å². The predicted molar refractivity (Wildman–Crippen MR) is 121 cm³/mol. The van der Waals surface area contributed by atoms with Crippen molar-refractivity contribution in [3.63, 3.8) is 0 Å². The van der Waals surface area contributed by atoms with Gasteiger partial charge in [-0.05, 0) is 49.4 Å². The number of benzene rings is 2. The molecule has 1 aliphatic rings. The molecule has 7 heteroatoms. The third kappa shape index (κ3) is 8.15. The second kappa shape index (κ2) is 12.6. The van der Waals surface area contributed by atoms with Crippen molar-refractivity contribution in [3.8, 4) is 0 Å². The Kier molecular flexibility index (Phi) is 9.25. The van der Waals surface area contributed by atoms with Crippen LogP contribution in [-0.4, -0.2) is 43.6 Å². The molecule has 2 N–H and O–H groups in total. The Labute approximate surface area is 188 Å². The van der Waals surface area contributed by atoms with Crippen molar-refractivity contribution in [2.75, 3.05) is 25.1 Å². The summed E-state index contributed by atoms with van der Waals surface area (Å²) in [7, 11) is 0. The van der Waals surface area contributed by atoms with Gasteiger partial charge in [0.25, 0.3) is 5.91 Å². The van der Waals surface area contributed by atoms with E-state index >= 15 is 0 Å². The van der Waals surface area contributed by atoms with Gasteiger partial charge in [-0.25, -0.2) is 0 Å². The van der Waals surface area contributed by atoms with E-state index in [0.717, 1.165) is 32.3 Å². The third-order valence-electron chi connectivity index (χ3n) is 5.19. The fraction of sp³-hybridized carbons (Fsp3) is 0.400. The number of ether oxygens (including phenoxy) is 2. The van der Waals surface area contributed by atoms with Crippen LogP contribution in [-0.2, 0) is 25.5 Å². The number of hydrogen-bond donors (Lipinski definition) is 2. The molecule has 1 aliphatic heterocycles. The minimum Gasteiger partial charge on any atom is -0.466 e. The number of amides is 2. The third-order valence-corrected chi connectivity index (χ3v) is 5.19. The average Bonchev–Trinajstić information content (AvgIpc) is 3.33. The van der Waals surface area contributed by atoms with Gasteiger partial charge < -0.3 is 20.1 Å². The highest BCUT2D eigenvalue weighted by Gasteiger charge is 2.17. The van der Waals surface area contributed by atoms with Gasteiger partial charge in [-0.3, -0.25) is 14.4 Å². The molecule has 1 heterocycles. The maximum atomic E-state index is 12.3. The number of anilines is 1. The van der Waals surface area contributed by atoms with Crippen molar-refractivity contribution in [2.24, 2.45) is 0 Å². The van der Waals surface area contributed by atoms with Crippen LogP contribution < -0.4 is 10.6 Å². The molecule has 2 amide bonds. The molecule has 0 radical (unpaired) electrons. The second-order valence-electron chi connectivity index (χ2n) is 7.78. The summed E-state index contributed by atoms with van der Waals surface area (Å²) in [4.78, 5) is 36.4. The van der Waals surface area contributed by atoms with Crippen molar-refractivity contribution in [2.45, 2.75) is 44.6 Å². The largest absolute Gasteiger partial charge is 0.466 e. The van der Waals surface area contributed by atoms with E-state index in [1.165, 1.54) is 5.56 Å². The van der Waals surface area contributed by atoms with E-state index in [-0.39, 0.29) is 30.8 Å². The van der Waals surface area contributed by atoms with E-state index in [4.69, 9.17) is 9.47 Å². The second-order valence-corrected chi connectivity index (χ2v) is 7.78. The topological polar surface area (TPSA) is 93.7 Å². The van der Waals surface area contributed by atoms with Gasteiger partial charge in [0.1, 0.15) is 0 Å². The van der Waals surface area contributed by atoms with Gasteiger partial charge in [-0.2, -0.15) is 0 Å². The monoisotopic (exact) mass is 438 g/mol. The molecule has 3 rings (SSSR count). The highest BCUT2D eigenvalue weighted by atomic mass is 16.5. The highest BCUT2D eigenvalue weighted by Crippen LogP contribution is 2.13. The van der Waals surface area contributed by atoms with Crippen molar-refractivity contribution < 1.29 is 23.9 Å². The smallest absolute Gasteiger partial charge is 0.306 e. The molecule has 0 bridgehead atoms. The van der Waals surface area contributed by atoms with Crippen LogP contribution in [0.15, 0.2) is 54.6 Å². The highest BCUT2D eigenvalue weighted by molar-refractivity contribution is 5.97. The number of hydrogen-bond acceptors (Lipinski definition) is 5. The fourth-order valence-electron chi connectivity index (χ4n) is 3.47. The quantitative estimate of drug-likeness (QED) is 0.414. The fourth-order valence-corrected chi connectivity index (χ4v) is 3.47. The zero-order chi connectivity index (χ0) is 22.6. The van der Waals surface area contributed by atoms with Crippen LogP contribution in [0.1, 0.15) is 48.0 Å². The maximum absolute atomic E-state index is 12.3. The van der Waals surface area contributed by atoms with E-state index in [1.807, 2.05) is 30.3 Å². The molecule has 1 saturated heterocycles. The molecule has 7 nitrogen and oxygen atoms in total. The normalized spacial score (nSPS) is 15.2. The van der Waals surface area contributed by atoms with Crippen LogP contribution in [0.3, 0.4) is 0 Å². The molecule has 2 aromatic carbocycles. The number of carbonyl (C=O) groups excluding carboxylic acids is 3. The number of aryl methyl sites for hydroxylation is 1. The molecule has 170 valence electrons. The average molecular weight is 439 g/mol. The first-order valence-corrected chi connectivity index (χ1v) is 11.1. The summed E-state index contributed by atoms with van der Waals surface area (Å²) in [6.45, 7) is 1.55. The molecule has 1 fully saturated rings. The predicted octanol–water partition coefficient (Wildman–Crippen LogP) is 3.49. The molecule has 0 saturated carbocycles. The number of esters is 1. The van der Waals surface area contributed by atoms with Gasteiger partial charge in [0.2, 0.25) is 5.91 Å². The number of rotatable bonds is 11. The Morgan fingerprint density at radius 1 is 1.03 bits per heavy atom. The summed E-state index contributed by atoms with van der Waals surface area (Å²) in [5.74, 6) is -0.908. The van der Waals surface area contributed by atoms with Crippen LogP contribution in [0.5, 0.6) is 0 Å². The van der Waals surface area contributed by atoms with Crippen LogP contribution in [0.4, 0.5) is 5.69 Å². The molecular formula is C25H30N2O5. The van der Waals surface area contributed by atoms with Gasteiger partial charge in [-0.1, -0.05) is 36.4 Å². The lowest BCUT2D eigenvalue weighted by molar-refractivity contribution is -0.144. The van der Waals surface area contributed by atoms with E-state index in [1.54, 1.807) is 24.3 Å². The number of nitrogens with one attached hydrogen (secondary N) is 2. The van der Waals surface area contributed by atoms with Gasteiger partial charge in [-0.15, -0.1) is 0 Å². The molecule has 0 aliphatic carbocycles. The first-order valence-electron chi connectivity index (χ1n) is 11.1. The van der Waals surface area contributed by atoms with Crippen LogP contribution >= 0.6 is 0 Å². The lowest BCUT2D eigenvalue weighted by Crippen LogP contribution is -2.31. The lowest BCUT2D eigenvalue weighted by atomic mass is 10.1. The van der Waals surface area contributed by atoms with Gasteiger partial charge in [0.05, 0.1) is 19.1 Å². The zero-order valence-electron chi connectivity index (χ0n) is 18.2. The Hall–Kier alpha value is -3.19. The Morgan fingerprint density at radius 2 is 1.88 bits per heavy atom. The minimum atomic E-state index is -0.393. The minimum absolute atomic E-state index is 0.0126. The molecule has 1 atom stereocenters. The first-order chi connectivity index (χ1) is 15.6. The van der Waals surface area contributed by atoms with Crippen LogP contribution in [0, 0.1) is 0 Å². The summed E-state index contributed by atoms with van der Waals surface area (Å²) in [5, 5.41) is 5.59. The summed E-state index contributed by atoms with van der Waals surface area (Å²) >= 11 is 0. The van der Waals surface area contributed by atoms with E-state index in [0.29, 0.717) is 24.4 Å². The summed E-state index contributed by atoms with van der Waals surface area (Å²) < 4.78 is 10.7. The van der Waals surface area contributed by atoms with Gasteiger partial charge in [0.15, 0.2) is 0 Å². The van der Waals surface area contributed by atoms with Gasteiger partial charge in [0, 0.05) is 30.8 Å². The first kappa shape index (κ1) is 23.5. The molecule has 1 unspecified atom stereocenters. The SMILES string of the molecule is O=C(CCC(=O)OCCCc1ccccc1)Nc1cccc(C(=O)NCC2CCCO2)c1. The standard InChI is InChI=1S/C25H30N2O5/c28-23(13-14-24(29)32-16-5-9-19-7-2-1-3-8-19)27-21-11-4-10-20(17-21)25(30)26-18-22-12-6-15-31-22/h1-4,7-8,10-11,17,22H,5-6,9,12-16,18H2,(H,26,30)(H,27,28). The molecule has 0 aromatic heterocycles. The van der Waals surface area contributed by atoms with Crippen molar-refractivity contribution in [3.05, 3.63) is 65.7 Å². The van der Waals surface area contributed by atoms with Crippen LogP contribution in [0.25, 0.3) is 0 Å². The number of carbonyl (C=O) groups is 3. The van der Waals surface area contributed by atoms with Crippen LogP contribution in [0.2, 0.25) is 0 Å². The summed E-state index contributed by atoms with van der Waals surface area (Å²) in [6, 6.07) is 16.7. The molecular weight excluding hydrogens is 408 g/mol. The Bertz CT molecular complexity index is 894. The Morgan fingerprint density at radius 3 is 2.66 bits per heavy atom. The maximum Gasteiger partial charge on any atom is 0.306 e. The van der Waals surface area contributed by atoms with E-state index < -0.39 is 5.97 Å². The molecule has 0 spiro atoms. The van der Waals surface area contributed by atoms with Crippen molar-refractivity contribution >= 4 is 23.5 Å².